The molecule has 1 rings (SSSR count). The molecule has 7 heteroatoms. The number of amides is 1. The maximum atomic E-state index is 11.4. The second kappa shape index (κ2) is 6.32. The van der Waals surface area contributed by atoms with Crippen LogP contribution in [0.4, 0.5) is 6.01 Å². The van der Waals surface area contributed by atoms with Crippen LogP contribution in [0.1, 0.15) is 19.2 Å². The third kappa shape index (κ3) is 3.69. The zero-order valence-corrected chi connectivity index (χ0v) is 10.1. The van der Waals surface area contributed by atoms with E-state index >= 15 is 0 Å². The van der Waals surface area contributed by atoms with Gasteiger partial charge in [-0.1, -0.05) is 12.0 Å². The zero-order chi connectivity index (χ0) is 12.0. The van der Waals surface area contributed by atoms with Crippen molar-refractivity contribution < 1.29 is 9.21 Å². The van der Waals surface area contributed by atoms with E-state index in [1.807, 2.05) is 6.92 Å². The molecular formula is C9H15ClN4O2. The molecule has 0 saturated carbocycles. The molecule has 0 aromatic carbocycles. The van der Waals surface area contributed by atoms with Crippen molar-refractivity contribution in [1.29, 1.82) is 0 Å². The lowest BCUT2D eigenvalue weighted by Crippen LogP contribution is -2.35. The highest BCUT2D eigenvalue weighted by Gasteiger charge is 2.12. The summed E-state index contributed by atoms with van der Waals surface area (Å²) in [4.78, 5) is 13.0. The van der Waals surface area contributed by atoms with Crippen LogP contribution in [0.15, 0.2) is 4.42 Å². The number of nitrogens with zero attached hydrogens (tertiary/aromatic N) is 3. The van der Waals surface area contributed by atoms with Crippen molar-refractivity contribution in [3.8, 4) is 0 Å². The molecule has 1 amide bonds. The molecule has 0 fully saturated rings. The lowest BCUT2D eigenvalue weighted by Gasteiger charge is -2.12. The van der Waals surface area contributed by atoms with Gasteiger partial charge in [0.05, 0.1) is 0 Å². The van der Waals surface area contributed by atoms with Crippen LogP contribution in [0.25, 0.3) is 0 Å². The number of likely N-dealkylation sites (N-methyl/N-ethyl adjacent to an activating group) is 1. The van der Waals surface area contributed by atoms with Crippen molar-refractivity contribution in [3.05, 3.63) is 5.89 Å². The largest absolute Gasteiger partial charge is 0.407 e. The van der Waals surface area contributed by atoms with Crippen LogP contribution in [0.3, 0.4) is 0 Å². The predicted molar refractivity (Wildman–Crippen MR) is 60.4 cm³/mol. The van der Waals surface area contributed by atoms with E-state index in [-0.39, 0.29) is 18.3 Å². The highest BCUT2D eigenvalue weighted by Crippen LogP contribution is 2.11. The number of carbonyl (C=O) groups is 1. The smallest absolute Gasteiger partial charge is 0.318 e. The van der Waals surface area contributed by atoms with Crippen molar-refractivity contribution in [2.45, 2.75) is 19.2 Å². The topological polar surface area (TPSA) is 71.3 Å². The average molecular weight is 247 g/mol. The van der Waals surface area contributed by atoms with E-state index in [1.165, 1.54) is 0 Å². The number of aromatic nitrogens is 2. The predicted octanol–water partition coefficient (Wildman–Crippen LogP) is 0.771. The Morgan fingerprint density at radius 2 is 2.31 bits per heavy atom. The molecule has 1 aromatic rings. The Balaban J connectivity index is 2.45. The van der Waals surface area contributed by atoms with E-state index in [1.54, 1.807) is 11.9 Å². The van der Waals surface area contributed by atoms with Gasteiger partial charge in [0, 0.05) is 13.6 Å². The average Bonchev–Trinajstić information content (AvgIpc) is 2.74. The maximum Gasteiger partial charge on any atom is 0.318 e. The molecular weight excluding hydrogens is 232 g/mol. The van der Waals surface area contributed by atoms with Crippen LogP contribution in [0.5, 0.6) is 0 Å². The third-order valence-electron chi connectivity index (χ3n) is 1.85. The summed E-state index contributed by atoms with van der Waals surface area (Å²) < 4.78 is 5.19. The fourth-order valence-corrected chi connectivity index (χ4v) is 1.16. The molecule has 0 saturated heterocycles. The summed E-state index contributed by atoms with van der Waals surface area (Å²) in [5.41, 5.74) is 0. The molecule has 0 radical (unpaired) electrons. The normalized spacial score (nSPS) is 10.2. The van der Waals surface area contributed by atoms with Gasteiger partial charge in [0.25, 0.3) is 0 Å². The number of rotatable bonds is 6. The summed E-state index contributed by atoms with van der Waals surface area (Å²) in [5, 5.41) is 10.2. The van der Waals surface area contributed by atoms with Crippen molar-refractivity contribution in [2.24, 2.45) is 0 Å². The van der Waals surface area contributed by atoms with Gasteiger partial charge in [-0.25, -0.2) is 0 Å². The van der Waals surface area contributed by atoms with Gasteiger partial charge in [-0.2, -0.15) is 0 Å². The van der Waals surface area contributed by atoms with Gasteiger partial charge in [-0.15, -0.1) is 16.7 Å². The first-order valence-corrected chi connectivity index (χ1v) is 5.57. The summed E-state index contributed by atoms with van der Waals surface area (Å²) >= 11 is 5.53. The second-order valence-corrected chi connectivity index (χ2v) is 3.59. The second-order valence-electron chi connectivity index (χ2n) is 3.32. The Labute approximate surface area is 99.0 Å². The Hall–Kier alpha value is -1.30. The van der Waals surface area contributed by atoms with Crippen molar-refractivity contribution in [3.63, 3.8) is 0 Å². The molecule has 0 bridgehead atoms. The molecule has 0 aliphatic carbocycles. The van der Waals surface area contributed by atoms with E-state index in [2.05, 4.69) is 15.5 Å². The van der Waals surface area contributed by atoms with Crippen LogP contribution >= 0.6 is 11.6 Å². The lowest BCUT2D eigenvalue weighted by molar-refractivity contribution is -0.119. The summed E-state index contributed by atoms with van der Waals surface area (Å²) in [6.07, 6.45) is 0.909. The quantitative estimate of drug-likeness (QED) is 0.751. The van der Waals surface area contributed by atoms with E-state index < -0.39 is 0 Å². The first-order valence-electron chi connectivity index (χ1n) is 5.03. The Kier molecular flexibility index (Phi) is 5.04. The SMILES string of the molecule is CCCNC(=O)CN(C)c1nnc(CCl)o1. The molecule has 0 aliphatic rings. The van der Waals surface area contributed by atoms with Gasteiger partial charge < -0.3 is 14.6 Å². The highest BCUT2D eigenvalue weighted by molar-refractivity contribution is 6.16. The molecule has 1 N–H and O–H groups in total. The van der Waals surface area contributed by atoms with Crippen molar-refractivity contribution in [1.82, 2.24) is 15.5 Å². The fourth-order valence-electron chi connectivity index (χ4n) is 1.06. The maximum absolute atomic E-state index is 11.4. The lowest BCUT2D eigenvalue weighted by atomic mass is 10.4. The minimum absolute atomic E-state index is 0.0741. The number of alkyl halides is 1. The number of carbonyl (C=O) groups excluding carboxylic acids is 1. The van der Waals surface area contributed by atoms with Crippen LogP contribution in [-0.4, -0.2) is 36.2 Å². The van der Waals surface area contributed by atoms with E-state index in [4.69, 9.17) is 16.0 Å². The molecule has 1 heterocycles. The summed E-state index contributed by atoms with van der Waals surface area (Å²) in [7, 11) is 1.71. The monoisotopic (exact) mass is 246 g/mol. The minimum Gasteiger partial charge on any atom is -0.407 e. The van der Waals surface area contributed by atoms with Gasteiger partial charge in [-0.3, -0.25) is 4.79 Å². The van der Waals surface area contributed by atoms with Crippen molar-refractivity contribution >= 4 is 23.5 Å². The molecule has 0 aliphatic heterocycles. The molecule has 0 unspecified atom stereocenters. The minimum atomic E-state index is -0.0741. The molecule has 16 heavy (non-hydrogen) atoms. The molecule has 1 aromatic heterocycles. The number of hydrogen-bond donors (Lipinski definition) is 1. The first kappa shape index (κ1) is 12.8. The van der Waals surface area contributed by atoms with Crippen LogP contribution in [0.2, 0.25) is 0 Å². The number of halogens is 1. The van der Waals surface area contributed by atoms with Gasteiger partial charge in [0.2, 0.25) is 11.8 Å². The Morgan fingerprint density at radius 3 is 2.88 bits per heavy atom. The first-order chi connectivity index (χ1) is 7.67. The standard InChI is InChI=1S/C9H15ClN4O2/c1-3-4-11-7(15)6-14(2)9-13-12-8(5-10)16-9/h3-6H2,1-2H3,(H,11,15). The van der Waals surface area contributed by atoms with Crippen LogP contribution in [-0.2, 0) is 10.7 Å². The fraction of sp³-hybridized carbons (Fsp3) is 0.667. The Morgan fingerprint density at radius 1 is 1.56 bits per heavy atom. The molecule has 0 spiro atoms. The summed E-state index contributed by atoms with van der Waals surface area (Å²) in [6.45, 7) is 2.85. The van der Waals surface area contributed by atoms with E-state index in [0.29, 0.717) is 18.5 Å². The van der Waals surface area contributed by atoms with E-state index in [9.17, 15) is 4.79 Å². The van der Waals surface area contributed by atoms with Crippen molar-refractivity contribution in [2.75, 3.05) is 25.0 Å². The van der Waals surface area contributed by atoms with Crippen LogP contribution in [0, 0.1) is 0 Å². The van der Waals surface area contributed by atoms with Gasteiger partial charge >= 0.3 is 6.01 Å². The van der Waals surface area contributed by atoms with Gasteiger partial charge in [-0.05, 0) is 6.42 Å². The molecule has 0 atom stereocenters. The highest BCUT2D eigenvalue weighted by atomic mass is 35.5. The number of hydrogen-bond acceptors (Lipinski definition) is 5. The van der Waals surface area contributed by atoms with Crippen LogP contribution < -0.4 is 10.2 Å². The number of nitrogens with one attached hydrogen (secondary N) is 1. The third-order valence-corrected chi connectivity index (χ3v) is 2.08. The Bertz CT molecular complexity index is 342. The van der Waals surface area contributed by atoms with Gasteiger partial charge in [0.1, 0.15) is 12.4 Å². The van der Waals surface area contributed by atoms with Gasteiger partial charge in [0.15, 0.2) is 0 Å². The molecule has 6 nitrogen and oxygen atoms in total. The zero-order valence-electron chi connectivity index (χ0n) is 9.36. The van der Waals surface area contributed by atoms with E-state index in [0.717, 1.165) is 6.42 Å². The summed E-state index contributed by atoms with van der Waals surface area (Å²) in [5.74, 6) is 0.440. The summed E-state index contributed by atoms with van der Waals surface area (Å²) in [6, 6.07) is 0.294. The number of anilines is 1. The molecule has 90 valence electrons.